The van der Waals surface area contributed by atoms with Crippen LogP contribution in [0.5, 0.6) is 5.75 Å². The zero-order valence-electron chi connectivity index (χ0n) is 22.2. The van der Waals surface area contributed by atoms with Crippen LogP contribution < -0.4 is 4.74 Å². The fourth-order valence-electron chi connectivity index (χ4n) is 4.62. The number of aryl methyl sites for hydroxylation is 1. The Hall–Kier alpha value is -3.31. The summed E-state index contributed by atoms with van der Waals surface area (Å²) >= 11 is 0. The van der Waals surface area contributed by atoms with Gasteiger partial charge in [0.25, 0.3) is 5.92 Å². The van der Waals surface area contributed by atoms with Gasteiger partial charge in [-0.2, -0.15) is 8.78 Å². The van der Waals surface area contributed by atoms with E-state index in [4.69, 9.17) is 9.47 Å². The van der Waals surface area contributed by atoms with E-state index in [0.29, 0.717) is 0 Å². The zero-order valence-corrected chi connectivity index (χ0v) is 22.2. The molecular formula is C32H35F2NO2. The highest BCUT2D eigenvalue weighted by atomic mass is 19.3. The molecule has 0 bridgehead atoms. The molecule has 0 spiro atoms. The molecule has 194 valence electrons. The van der Waals surface area contributed by atoms with E-state index in [-0.39, 0.29) is 17.9 Å². The summed E-state index contributed by atoms with van der Waals surface area (Å²) in [6.07, 6.45) is 5.00. The summed E-state index contributed by atoms with van der Waals surface area (Å²) in [6.45, 7) is 7.25. The fraction of sp³-hybridized carbons (Fsp3) is 0.344. The molecular weight excluding hydrogens is 468 g/mol. The smallest absolute Gasteiger partial charge is 0.286 e. The summed E-state index contributed by atoms with van der Waals surface area (Å²) < 4.78 is 39.1. The molecule has 0 saturated carbocycles. The lowest BCUT2D eigenvalue weighted by atomic mass is 9.94. The predicted octanol–water partition coefficient (Wildman–Crippen LogP) is 8.83. The fourth-order valence-corrected chi connectivity index (χ4v) is 4.62. The molecule has 0 aliphatic rings. The molecule has 1 aromatic heterocycles. The first-order valence-corrected chi connectivity index (χ1v) is 12.9. The van der Waals surface area contributed by atoms with Gasteiger partial charge in [-0.05, 0) is 67.3 Å². The monoisotopic (exact) mass is 503 g/mol. The highest BCUT2D eigenvalue weighted by molar-refractivity contribution is 6.03. The Morgan fingerprint density at radius 3 is 2.19 bits per heavy atom. The van der Waals surface area contributed by atoms with Crippen molar-refractivity contribution in [2.75, 3.05) is 7.11 Å². The van der Waals surface area contributed by atoms with Gasteiger partial charge < -0.3 is 9.47 Å². The standard InChI is InChI=1S/C32H35F2NO2/c1-6-21(2)37-22(3)10-11-23-12-14-24(15-13-23)27-17-18-28-26(8-7-9-29(28)31(27)36-5)25-16-19-30(35-20-25)32(4,33)34/h7-9,12-22H,6,10-11H2,1-5H3/t21-,22+/m1/s1. The number of rotatable bonds is 10. The maximum Gasteiger partial charge on any atom is 0.286 e. The van der Waals surface area contributed by atoms with Crippen LogP contribution in [0.4, 0.5) is 8.78 Å². The molecule has 0 aliphatic carbocycles. The number of hydrogen-bond donors (Lipinski definition) is 0. The topological polar surface area (TPSA) is 31.4 Å². The van der Waals surface area contributed by atoms with Crippen LogP contribution in [0.3, 0.4) is 0 Å². The van der Waals surface area contributed by atoms with Crippen LogP contribution in [0, 0.1) is 0 Å². The highest BCUT2D eigenvalue weighted by Gasteiger charge is 2.25. The molecule has 0 amide bonds. The van der Waals surface area contributed by atoms with Crippen LogP contribution in [-0.4, -0.2) is 24.3 Å². The second kappa shape index (κ2) is 11.4. The molecule has 0 N–H and O–H groups in total. The molecule has 0 radical (unpaired) electrons. The van der Waals surface area contributed by atoms with Crippen molar-refractivity contribution in [3.05, 3.63) is 84.2 Å². The van der Waals surface area contributed by atoms with Crippen LogP contribution in [0.25, 0.3) is 33.0 Å². The molecule has 0 fully saturated rings. The largest absolute Gasteiger partial charge is 0.495 e. The second-order valence-corrected chi connectivity index (χ2v) is 9.77. The van der Waals surface area contributed by atoms with E-state index < -0.39 is 5.92 Å². The van der Waals surface area contributed by atoms with Crippen molar-refractivity contribution in [1.29, 1.82) is 0 Å². The van der Waals surface area contributed by atoms with Crippen molar-refractivity contribution in [3.63, 3.8) is 0 Å². The molecule has 0 saturated heterocycles. The van der Waals surface area contributed by atoms with Gasteiger partial charge in [0.1, 0.15) is 11.4 Å². The van der Waals surface area contributed by atoms with E-state index >= 15 is 0 Å². The zero-order chi connectivity index (χ0) is 26.6. The number of pyridine rings is 1. The predicted molar refractivity (Wildman–Crippen MR) is 147 cm³/mol. The Morgan fingerprint density at radius 2 is 1.57 bits per heavy atom. The number of ether oxygens (including phenoxy) is 2. The number of fused-ring (bicyclic) bond motifs is 1. The Labute approximate surface area is 218 Å². The Bertz CT molecular complexity index is 1330. The maximum atomic E-state index is 13.6. The van der Waals surface area contributed by atoms with Gasteiger partial charge in [-0.25, -0.2) is 0 Å². The van der Waals surface area contributed by atoms with Crippen molar-refractivity contribution in [2.45, 2.75) is 65.1 Å². The first kappa shape index (κ1) is 26.7. The van der Waals surface area contributed by atoms with Gasteiger partial charge in [0.05, 0.1) is 19.3 Å². The van der Waals surface area contributed by atoms with Crippen molar-refractivity contribution >= 4 is 10.8 Å². The molecule has 3 nitrogen and oxygen atoms in total. The van der Waals surface area contributed by atoms with E-state index in [0.717, 1.165) is 65.0 Å². The van der Waals surface area contributed by atoms with Crippen molar-refractivity contribution < 1.29 is 18.3 Å². The van der Waals surface area contributed by atoms with Crippen LogP contribution in [-0.2, 0) is 17.1 Å². The SMILES string of the molecule is CC[C@@H](C)O[C@@H](C)CCc1ccc(-c2ccc3c(-c4ccc(C(C)(F)F)nc4)cccc3c2OC)cc1. The number of benzene rings is 3. The van der Waals surface area contributed by atoms with Crippen molar-refractivity contribution in [2.24, 2.45) is 0 Å². The lowest BCUT2D eigenvalue weighted by molar-refractivity contribution is 0.00276. The number of halogens is 2. The lowest BCUT2D eigenvalue weighted by Gasteiger charge is -2.18. The number of methoxy groups -OCH3 is 1. The third-order valence-electron chi connectivity index (χ3n) is 6.88. The van der Waals surface area contributed by atoms with Crippen LogP contribution in [0.2, 0.25) is 0 Å². The Kier molecular flexibility index (Phi) is 8.23. The van der Waals surface area contributed by atoms with Gasteiger partial charge >= 0.3 is 0 Å². The molecule has 1 heterocycles. The maximum absolute atomic E-state index is 13.6. The van der Waals surface area contributed by atoms with E-state index in [1.807, 2.05) is 18.2 Å². The van der Waals surface area contributed by atoms with Gasteiger partial charge in [-0.3, -0.25) is 4.98 Å². The van der Waals surface area contributed by atoms with Gasteiger partial charge in [0.2, 0.25) is 0 Å². The second-order valence-electron chi connectivity index (χ2n) is 9.77. The molecule has 5 heteroatoms. The average Bonchev–Trinajstić information content (AvgIpc) is 2.90. The summed E-state index contributed by atoms with van der Waals surface area (Å²) in [5.41, 5.74) is 4.82. The van der Waals surface area contributed by atoms with Gasteiger partial charge in [-0.1, -0.05) is 61.5 Å². The van der Waals surface area contributed by atoms with Crippen LogP contribution >= 0.6 is 0 Å². The van der Waals surface area contributed by atoms with Crippen LogP contribution in [0.1, 0.15) is 51.8 Å². The summed E-state index contributed by atoms with van der Waals surface area (Å²) in [4.78, 5) is 4.00. The van der Waals surface area contributed by atoms with Crippen LogP contribution in [0.15, 0.2) is 72.9 Å². The van der Waals surface area contributed by atoms with Crippen molar-refractivity contribution in [1.82, 2.24) is 4.98 Å². The number of hydrogen-bond acceptors (Lipinski definition) is 3. The minimum atomic E-state index is -2.97. The Morgan fingerprint density at radius 1 is 0.838 bits per heavy atom. The van der Waals surface area contributed by atoms with E-state index in [1.165, 1.54) is 17.8 Å². The number of nitrogens with zero attached hydrogens (tertiary/aromatic N) is 1. The minimum absolute atomic E-state index is 0.231. The minimum Gasteiger partial charge on any atom is -0.495 e. The Balaban J connectivity index is 1.60. The van der Waals surface area contributed by atoms with Gasteiger partial charge in [0.15, 0.2) is 0 Å². The normalized spacial score (nSPS) is 13.5. The molecule has 37 heavy (non-hydrogen) atoms. The summed E-state index contributed by atoms with van der Waals surface area (Å²) in [7, 11) is 1.68. The molecule has 2 atom stereocenters. The molecule has 4 rings (SSSR count). The van der Waals surface area contributed by atoms with Gasteiger partial charge in [0, 0.05) is 29.6 Å². The summed E-state index contributed by atoms with van der Waals surface area (Å²) in [5, 5.41) is 1.94. The summed E-state index contributed by atoms with van der Waals surface area (Å²) in [5.74, 6) is -2.18. The number of alkyl halides is 2. The molecule has 3 aromatic carbocycles. The quantitative estimate of drug-likeness (QED) is 0.217. The highest BCUT2D eigenvalue weighted by Crippen LogP contribution is 2.40. The number of aromatic nitrogens is 1. The first-order chi connectivity index (χ1) is 17.7. The third-order valence-corrected chi connectivity index (χ3v) is 6.88. The van der Waals surface area contributed by atoms with E-state index in [2.05, 4.69) is 62.2 Å². The average molecular weight is 504 g/mol. The first-order valence-electron chi connectivity index (χ1n) is 12.9. The molecule has 0 aliphatic heterocycles. The molecule has 0 unspecified atom stereocenters. The third kappa shape index (κ3) is 6.16. The summed E-state index contributed by atoms with van der Waals surface area (Å²) in [6, 6.07) is 21.8. The van der Waals surface area contributed by atoms with Crippen molar-refractivity contribution in [3.8, 4) is 28.0 Å². The van der Waals surface area contributed by atoms with E-state index in [9.17, 15) is 8.78 Å². The van der Waals surface area contributed by atoms with Gasteiger partial charge in [-0.15, -0.1) is 0 Å². The van der Waals surface area contributed by atoms with E-state index in [1.54, 1.807) is 13.2 Å². The molecule has 4 aromatic rings. The lowest BCUT2D eigenvalue weighted by Crippen LogP contribution is -2.16.